The quantitative estimate of drug-likeness (QED) is 0.173. The van der Waals surface area contributed by atoms with Crippen molar-refractivity contribution in [1.29, 1.82) is 0 Å². The van der Waals surface area contributed by atoms with Crippen LogP contribution in [0.5, 0.6) is 0 Å². The van der Waals surface area contributed by atoms with Crippen molar-refractivity contribution in [2.24, 2.45) is 0 Å². The molecule has 0 heterocycles. The zero-order valence-electron chi connectivity index (χ0n) is 27.2. The summed E-state index contributed by atoms with van der Waals surface area (Å²) in [5, 5.41) is 3.56. The summed E-state index contributed by atoms with van der Waals surface area (Å²) in [7, 11) is -4.22. The molecule has 1 atom stereocenters. The standard InChI is InChI=1S/C38H42ClN3O4S/c1-27-16-20-34(21-17-27)47(45,46)42(35-24-32(39)19-18-29(35)3)26-37(43)41(25-31-13-9-10-28(2)22-31)36(23-30-11-5-4-6-12-30)38(44)40-33-14-7-8-15-33/h4-6,9-13,16-22,24,33,36H,7-8,14-15,23,25-26H2,1-3H3,(H,40,44)/t36-/m1/s1. The maximum atomic E-state index is 14.7. The van der Waals surface area contributed by atoms with E-state index in [1.165, 1.54) is 0 Å². The highest BCUT2D eigenvalue weighted by Gasteiger charge is 2.36. The van der Waals surface area contributed by atoms with Crippen LogP contribution in [-0.4, -0.2) is 43.8 Å². The number of hydrogen-bond donors (Lipinski definition) is 1. The Morgan fingerprint density at radius 2 is 1.51 bits per heavy atom. The summed E-state index contributed by atoms with van der Waals surface area (Å²) in [4.78, 5) is 30.5. The minimum absolute atomic E-state index is 0.0456. The van der Waals surface area contributed by atoms with E-state index in [1.54, 1.807) is 54.3 Å². The van der Waals surface area contributed by atoms with Gasteiger partial charge in [0, 0.05) is 24.0 Å². The Balaban J connectivity index is 1.59. The first-order chi connectivity index (χ1) is 22.5. The molecule has 0 bridgehead atoms. The molecule has 246 valence electrons. The third-order valence-electron chi connectivity index (χ3n) is 8.74. The van der Waals surface area contributed by atoms with Gasteiger partial charge >= 0.3 is 0 Å². The van der Waals surface area contributed by atoms with Crippen molar-refractivity contribution in [3.63, 3.8) is 0 Å². The summed E-state index contributed by atoms with van der Waals surface area (Å²) < 4.78 is 29.8. The van der Waals surface area contributed by atoms with Crippen LogP contribution >= 0.6 is 11.6 Å². The van der Waals surface area contributed by atoms with Gasteiger partial charge in [-0.25, -0.2) is 8.42 Å². The summed E-state index contributed by atoms with van der Waals surface area (Å²) in [6.07, 6.45) is 4.16. The maximum absolute atomic E-state index is 14.7. The van der Waals surface area contributed by atoms with E-state index in [9.17, 15) is 18.0 Å². The van der Waals surface area contributed by atoms with Crippen LogP contribution in [0.1, 0.15) is 53.5 Å². The Labute approximate surface area is 283 Å². The van der Waals surface area contributed by atoms with Crippen molar-refractivity contribution in [1.82, 2.24) is 10.2 Å². The van der Waals surface area contributed by atoms with Crippen LogP contribution < -0.4 is 9.62 Å². The fraction of sp³-hybridized carbons (Fsp3) is 0.316. The van der Waals surface area contributed by atoms with Crippen LogP contribution in [0.3, 0.4) is 0 Å². The molecule has 5 rings (SSSR count). The third kappa shape index (κ3) is 8.62. The van der Waals surface area contributed by atoms with Crippen molar-refractivity contribution in [3.8, 4) is 0 Å². The van der Waals surface area contributed by atoms with Crippen LogP contribution in [0.25, 0.3) is 0 Å². The average molecular weight is 672 g/mol. The van der Waals surface area contributed by atoms with E-state index in [0.717, 1.165) is 52.2 Å². The molecule has 0 aliphatic heterocycles. The number of halogens is 1. The largest absolute Gasteiger partial charge is 0.352 e. The van der Waals surface area contributed by atoms with E-state index in [2.05, 4.69) is 5.32 Å². The van der Waals surface area contributed by atoms with Gasteiger partial charge in [0.25, 0.3) is 10.0 Å². The number of sulfonamides is 1. The zero-order valence-corrected chi connectivity index (χ0v) is 28.7. The summed E-state index contributed by atoms with van der Waals surface area (Å²) >= 11 is 6.39. The van der Waals surface area contributed by atoms with E-state index >= 15 is 0 Å². The van der Waals surface area contributed by atoms with Gasteiger partial charge in [0.2, 0.25) is 11.8 Å². The fourth-order valence-electron chi connectivity index (χ4n) is 6.13. The second-order valence-corrected chi connectivity index (χ2v) is 14.8. The van der Waals surface area contributed by atoms with Crippen LogP contribution in [0.2, 0.25) is 5.02 Å². The van der Waals surface area contributed by atoms with E-state index in [0.29, 0.717) is 16.3 Å². The molecule has 1 saturated carbocycles. The first-order valence-electron chi connectivity index (χ1n) is 16.1. The van der Waals surface area contributed by atoms with Gasteiger partial charge in [-0.3, -0.25) is 13.9 Å². The van der Waals surface area contributed by atoms with Crippen molar-refractivity contribution in [2.45, 2.75) is 76.4 Å². The van der Waals surface area contributed by atoms with Crippen molar-refractivity contribution >= 4 is 39.1 Å². The molecule has 0 unspecified atom stereocenters. The van der Waals surface area contributed by atoms with Gasteiger partial charge in [-0.2, -0.15) is 0 Å². The Hall–Kier alpha value is -4.14. The van der Waals surface area contributed by atoms with E-state index in [4.69, 9.17) is 11.6 Å². The predicted octanol–water partition coefficient (Wildman–Crippen LogP) is 7.16. The molecule has 0 radical (unpaired) electrons. The molecule has 0 aromatic heterocycles. The summed E-state index contributed by atoms with van der Waals surface area (Å²) in [6, 6.07) is 28.1. The molecular formula is C38H42ClN3O4S. The van der Waals surface area contributed by atoms with E-state index in [1.807, 2.05) is 68.4 Å². The predicted molar refractivity (Wildman–Crippen MR) is 188 cm³/mol. The molecule has 1 aliphatic rings. The normalized spacial score (nSPS) is 14.0. The lowest BCUT2D eigenvalue weighted by molar-refractivity contribution is -0.140. The van der Waals surface area contributed by atoms with Gasteiger partial charge < -0.3 is 10.2 Å². The van der Waals surface area contributed by atoms with Gasteiger partial charge in [-0.15, -0.1) is 0 Å². The number of carbonyl (C=O) groups is 2. The molecule has 1 aliphatic carbocycles. The second-order valence-electron chi connectivity index (χ2n) is 12.5. The highest BCUT2D eigenvalue weighted by Crippen LogP contribution is 2.30. The highest BCUT2D eigenvalue weighted by atomic mass is 35.5. The average Bonchev–Trinajstić information content (AvgIpc) is 3.56. The molecule has 9 heteroatoms. The molecule has 4 aromatic carbocycles. The fourth-order valence-corrected chi connectivity index (χ4v) is 7.77. The highest BCUT2D eigenvalue weighted by molar-refractivity contribution is 7.92. The Kier molecular flexibility index (Phi) is 11.0. The molecule has 47 heavy (non-hydrogen) atoms. The Morgan fingerprint density at radius 1 is 0.830 bits per heavy atom. The zero-order chi connectivity index (χ0) is 33.6. The molecule has 2 amide bonds. The lowest BCUT2D eigenvalue weighted by Gasteiger charge is -2.34. The molecule has 4 aromatic rings. The van der Waals surface area contributed by atoms with Crippen molar-refractivity contribution < 1.29 is 18.0 Å². The first kappa shape index (κ1) is 34.2. The summed E-state index contributed by atoms with van der Waals surface area (Å²) in [5.41, 5.74) is 4.61. The second kappa shape index (κ2) is 15.2. The maximum Gasteiger partial charge on any atom is 0.264 e. The first-order valence-corrected chi connectivity index (χ1v) is 17.9. The monoisotopic (exact) mass is 671 g/mol. The Bertz CT molecular complexity index is 1810. The van der Waals surface area contributed by atoms with E-state index in [-0.39, 0.29) is 29.8 Å². The lowest BCUT2D eigenvalue weighted by Crippen LogP contribution is -2.54. The molecule has 1 N–H and O–H groups in total. The number of hydrogen-bond acceptors (Lipinski definition) is 4. The number of nitrogens with zero attached hydrogens (tertiary/aromatic N) is 2. The minimum atomic E-state index is -4.22. The van der Waals surface area contributed by atoms with Crippen LogP contribution in [0, 0.1) is 20.8 Å². The van der Waals surface area contributed by atoms with Gasteiger partial charge in [-0.1, -0.05) is 108 Å². The summed E-state index contributed by atoms with van der Waals surface area (Å²) in [5.74, 6) is -0.738. The smallest absolute Gasteiger partial charge is 0.264 e. The van der Waals surface area contributed by atoms with Crippen LogP contribution in [0.15, 0.2) is 102 Å². The topological polar surface area (TPSA) is 86.8 Å². The number of nitrogens with one attached hydrogen (secondary N) is 1. The lowest BCUT2D eigenvalue weighted by atomic mass is 10.0. The van der Waals surface area contributed by atoms with Gasteiger partial charge in [-0.05, 0) is 74.6 Å². The number of carbonyl (C=O) groups excluding carboxylic acids is 2. The number of benzene rings is 4. The number of anilines is 1. The van der Waals surface area contributed by atoms with Gasteiger partial charge in [0.05, 0.1) is 10.6 Å². The molecule has 0 saturated heterocycles. The number of aryl methyl sites for hydroxylation is 3. The van der Waals surface area contributed by atoms with Crippen LogP contribution in [0.4, 0.5) is 5.69 Å². The number of rotatable bonds is 12. The molecule has 1 fully saturated rings. The van der Waals surface area contributed by atoms with Crippen molar-refractivity contribution in [2.75, 3.05) is 10.8 Å². The van der Waals surface area contributed by atoms with Gasteiger partial charge in [0.15, 0.2) is 0 Å². The molecule has 0 spiro atoms. The molecule has 7 nitrogen and oxygen atoms in total. The third-order valence-corrected chi connectivity index (χ3v) is 10.7. The minimum Gasteiger partial charge on any atom is -0.352 e. The van der Waals surface area contributed by atoms with Crippen molar-refractivity contribution in [3.05, 3.63) is 130 Å². The van der Waals surface area contributed by atoms with Crippen LogP contribution in [-0.2, 0) is 32.6 Å². The molecular weight excluding hydrogens is 630 g/mol. The van der Waals surface area contributed by atoms with E-state index < -0.39 is 28.5 Å². The Morgan fingerprint density at radius 3 is 2.19 bits per heavy atom. The summed E-state index contributed by atoms with van der Waals surface area (Å²) in [6.45, 7) is 5.24. The number of amides is 2. The van der Waals surface area contributed by atoms with Gasteiger partial charge in [0.1, 0.15) is 12.6 Å². The SMILES string of the molecule is Cc1ccc(S(=O)(=O)N(CC(=O)N(Cc2cccc(C)c2)[C@H](Cc2ccccc2)C(=O)NC2CCCC2)c2cc(Cl)ccc2C)cc1.